The summed E-state index contributed by atoms with van der Waals surface area (Å²) in [4.78, 5) is 3.74. The zero-order valence-electron chi connectivity index (χ0n) is 3.54. The molecule has 0 bridgehead atoms. The van der Waals surface area contributed by atoms with E-state index < -0.39 is 0 Å². The van der Waals surface area contributed by atoms with Crippen LogP contribution in [-0.4, -0.2) is 4.98 Å². The Bertz CT molecular complexity index is 69.4. The molecule has 0 aliphatic carbocycles. The lowest BCUT2D eigenvalue weighted by atomic mass is 11.0. The van der Waals surface area contributed by atoms with Crippen LogP contribution in [0, 0.1) is 0 Å². The highest BCUT2D eigenvalue weighted by Crippen LogP contribution is 1.85. The number of hydrogen-bond acceptors (Lipinski definition) is 3. The minimum absolute atomic E-state index is 1.60. The molecule has 0 amide bonds. The Balaban J connectivity index is 0.000000162. The lowest BCUT2D eigenvalue weighted by molar-refractivity contribution is 1.43. The molecular weight excluding hydrogens is 176 g/mol. The van der Waals surface area contributed by atoms with Gasteiger partial charge in [-0.15, -0.1) is 11.3 Å². The maximum absolute atomic E-state index is 4.31. The Morgan fingerprint density at radius 3 is 2.43 bits per heavy atom. The molecule has 1 aromatic rings. The fourth-order valence-electron chi connectivity index (χ4n) is 0.176. The van der Waals surface area contributed by atoms with Gasteiger partial charge in [-0.1, -0.05) is 0 Å². The summed E-state index contributed by atoms with van der Waals surface area (Å²) in [6, 6.07) is 0. The third kappa shape index (κ3) is 3.91. The molecule has 4 heteroatoms. The summed E-state index contributed by atoms with van der Waals surface area (Å²) in [6.45, 7) is 0. The first-order valence-corrected chi connectivity index (χ1v) is 3.40. The van der Waals surface area contributed by atoms with Crippen LogP contribution >= 0.6 is 27.5 Å². The first-order valence-electron chi connectivity index (χ1n) is 1.54. The Kier molecular flexibility index (Phi) is 6.13. The first kappa shape index (κ1) is 7.07. The van der Waals surface area contributed by atoms with E-state index in [1.807, 2.05) is 5.38 Å². The summed E-state index contributed by atoms with van der Waals surface area (Å²) in [5.41, 5.74) is 1.79. The van der Waals surface area contributed by atoms with Crippen molar-refractivity contribution in [3.8, 4) is 0 Å². The second-order valence-corrected chi connectivity index (χ2v) is 1.43. The predicted octanol–water partition coefficient (Wildman–Crippen LogP) is 1.40. The van der Waals surface area contributed by atoms with Gasteiger partial charge in [0.2, 0.25) is 0 Å². The zero-order chi connectivity index (χ0) is 5.54. The molecule has 0 aliphatic heterocycles. The topological polar surface area (TPSA) is 38.9 Å². The van der Waals surface area contributed by atoms with Crippen LogP contribution < -0.4 is 4.76 Å². The molecule has 0 saturated carbocycles. The maximum Gasteiger partial charge on any atom is 0.0791 e. The number of hydrogen-bond donors (Lipinski definition) is 1. The van der Waals surface area contributed by atoms with E-state index in [1.54, 1.807) is 23.0 Å². The SMILES string of the molecule is NBr.c1cscn1. The van der Waals surface area contributed by atoms with E-state index in [-0.39, 0.29) is 0 Å². The van der Waals surface area contributed by atoms with Crippen LogP contribution in [0.2, 0.25) is 0 Å². The number of halogens is 1. The Labute approximate surface area is 54.7 Å². The van der Waals surface area contributed by atoms with E-state index in [4.69, 9.17) is 0 Å². The molecule has 1 rings (SSSR count). The van der Waals surface area contributed by atoms with Crippen molar-refractivity contribution in [3.63, 3.8) is 0 Å². The van der Waals surface area contributed by atoms with Crippen molar-refractivity contribution in [3.05, 3.63) is 17.1 Å². The summed E-state index contributed by atoms with van der Waals surface area (Å²) in [7, 11) is 0. The van der Waals surface area contributed by atoms with Crippen LogP contribution in [-0.2, 0) is 0 Å². The molecule has 0 unspecified atom stereocenters. The number of thiazole rings is 1. The van der Waals surface area contributed by atoms with Gasteiger partial charge in [-0.25, -0.2) is 0 Å². The largest absolute Gasteiger partial charge is 0.270 e. The van der Waals surface area contributed by atoms with E-state index in [0.29, 0.717) is 0 Å². The molecule has 0 radical (unpaired) electrons. The Morgan fingerprint density at radius 2 is 2.29 bits per heavy atom. The molecule has 0 aromatic carbocycles. The van der Waals surface area contributed by atoms with Crippen LogP contribution in [0.15, 0.2) is 17.1 Å². The Morgan fingerprint density at radius 1 is 1.57 bits per heavy atom. The predicted molar refractivity (Wildman–Crippen MR) is 35.2 cm³/mol. The van der Waals surface area contributed by atoms with Gasteiger partial charge in [-0.3, -0.25) is 9.74 Å². The van der Waals surface area contributed by atoms with E-state index >= 15 is 0 Å². The smallest absolute Gasteiger partial charge is 0.0791 e. The first-order chi connectivity index (χ1) is 3.50. The van der Waals surface area contributed by atoms with Crippen molar-refractivity contribution in [2.45, 2.75) is 0 Å². The quantitative estimate of drug-likeness (QED) is 0.614. The number of rotatable bonds is 0. The molecule has 2 N–H and O–H groups in total. The minimum Gasteiger partial charge on any atom is -0.270 e. The van der Waals surface area contributed by atoms with Crippen LogP contribution in [0.3, 0.4) is 0 Å². The fourth-order valence-corrected chi connectivity index (χ4v) is 0.527. The van der Waals surface area contributed by atoms with Crippen LogP contribution in [0.25, 0.3) is 0 Å². The highest BCUT2D eigenvalue weighted by atomic mass is 79.9. The van der Waals surface area contributed by atoms with Crippen molar-refractivity contribution in [1.82, 2.24) is 4.98 Å². The van der Waals surface area contributed by atoms with Gasteiger partial charge in [0.25, 0.3) is 0 Å². The van der Waals surface area contributed by atoms with Gasteiger partial charge in [0.05, 0.1) is 5.51 Å². The van der Waals surface area contributed by atoms with E-state index in [1.165, 1.54) is 0 Å². The highest BCUT2D eigenvalue weighted by molar-refractivity contribution is 9.07. The van der Waals surface area contributed by atoms with E-state index in [0.717, 1.165) is 0 Å². The number of nitrogens with two attached hydrogens (primary N) is 1. The second-order valence-electron chi connectivity index (χ2n) is 0.676. The second kappa shape index (κ2) is 6.07. The van der Waals surface area contributed by atoms with Crippen molar-refractivity contribution < 1.29 is 0 Å². The van der Waals surface area contributed by atoms with Crippen molar-refractivity contribution >= 4 is 27.5 Å². The van der Waals surface area contributed by atoms with Gasteiger partial charge >= 0.3 is 0 Å². The standard InChI is InChI=1S/C3H3NS.BrH2N/c1-2-5-3-4-1;1-2/h1-3H;2H2. The molecule has 0 saturated heterocycles. The number of nitrogens with zero attached hydrogens (tertiary/aromatic N) is 1. The lowest BCUT2D eigenvalue weighted by Crippen LogP contribution is -1.45. The molecule has 2 nitrogen and oxygen atoms in total. The normalized spacial score (nSPS) is 6.57. The Hall–Kier alpha value is 0.0700. The summed E-state index contributed by atoms with van der Waals surface area (Å²) >= 11 is 4.04. The maximum atomic E-state index is 4.31. The molecular formula is C3H5BrN2S. The summed E-state index contributed by atoms with van der Waals surface area (Å²) < 4.78 is 4.31. The van der Waals surface area contributed by atoms with Crippen molar-refractivity contribution in [2.75, 3.05) is 0 Å². The van der Waals surface area contributed by atoms with Gasteiger partial charge in [0, 0.05) is 27.7 Å². The average molecular weight is 181 g/mol. The average Bonchev–Trinajstić information content (AvgIpc) is 2.23. The van der Waals surface area contributed by atoms with Crippen LogP contribution in [0.5, 0.6) is 0 Å². The van der Waals surface area contributed by atoms with E-state index in [2.05, 4.69) is 25.9 Å². The number of aromatic nitrogens is 1. The molecule has 0 spiro atoms. The summed E-state index contributed by atoms with van der Waals surface area (Å²) in [6.07, 6.45) is 1.77. The van der Waals surface area contributed by atoms with Gasteiger partial charge < -0.3 is 0 Å². The molecule has 7 heavy (non-hydrogen) atoms. The molecule has 0 atom stereocenters. The van der Waals surface area contributed by atoms with Gasteiger partial charge in [0.15, 0.2) is 0 Å². The van der Waals surface area contributed by atoms with Crippen LogP contribution in [0.1, 0.15) is 0 Å². The molecule has 0 fully saturated rings. The molecule has 1 aromatic heterocycles. The van der Waals surface area contributed by atoms with E-state index in [9.17, 15) is 0 Å². The van der Waals surface area contributed by atoms with Crippen molar-refractivity contribution in [1.29, 1.82) is 0 Å². The van der Waals surface area contributed by atoms with Gasteiger partial charge in [-0.05, 0) is 0 Å². The third-order valence-corrected chi connectivity index (χ3v) is 0.869. The van der Waals surface area contributed by atoms with Crippen molar-refractivity contribution in [2.24, 2.45) is 4.76 Å². The highest BCUT2D eigenvalue weighted by Gasteiger charge is 1.59. The summed E-state index contributed by atoms with van der Waals surface area (Å²) in [5, 5.41) is 1.93. The van der Waals surface area contributed by atoms with Crippen LogP contribution in [0.4, 0.5) is 0 Å². The fraction of sp³-hybridized carbons (Fsp3) is 0. The molecule has 0 aliphatic rings. The summed E-state index contributed by atoms with van der Waals surface area (Å²) in [5.74, 6) is 0. The lowest BCUT2D eigenvalue weighted by Gasteiger charge is -1.41. The molecule has 40 valence electrons. The van der Waals surface area contributed by atoms with Gasteiger partial charge in [0.1, 0.15) is 0 Å². The third-order valence-electron chi connectivity index (χ3n) is 0.347. The zero-order valence-corrected chi connectivity index (χ0v) is 5.95. The minimum atomic E-state index is 1.60. The van der Waals surface area contributed by atoms with Gasteiger partial charge in [-0.2, -0.15) is 0 Å². The monoisotopic (exact) mass is 180 g/mol. The molecule has 1 heterocycles.